The highest BCUT2D eigenvalue weighted by atomic mass is 35.5. The minimum atomic E-state index is -0.0490. The molecule has 0 aliphatic heterocycles. The van der Waals surface area contributed by atoms with E-state index in [0.29, 0.717) is 11.4 Å². The Hall–Kier alpha value is -1.03. The third-order valence-electron chi connectivity index (χ3n) is 3.28. The van der Waals surface area contributed by atoms with E-state index in [2.05, 4.69) is 15.5 Å². The summed E-state index contributed by atoms with van der Waals surface area (Å²) < 4.78 is 0. The number of hydrogen-bond acceptors (Lipinski definition) is 2. The molecule has 0 atom stereocenters. The fourth-order valence-electron chi connectivity index (χ4n) is 1.84. The molecule has 0 radical (unpaired) electrons. The number of carbonyl (C=O) groups excluding carboxylic acids is 1. The van der Waals surface area contributed by atoms with Crippen molar-refractivity contribution in [1.82, 2.24) is 15.5 Å². The van der Waals surface area contributed by atoms with Gasteiger partial charge in [0.2, 0.25) is 0 Å². The van der Waals surface area contributed by atoms with Gasteiger partial charge in [-0.25, -0.2) is 0 Å². The van der Waals surface area contributed by atoms with Crippen LogP contribution in [0.3, 0.4) is 0 Å². The first-order valence-corrected chi connectivity index (χ1v) is 6.04. The van der Waals surface area contributed by atoms with Gasteiger partial charge in [0.15, 0.2) is 0 Å². The molecule has 1 aliphatic rings. The Morgan fingerprint density at radius 1 is 1.69 bits per heavy atom. The second kappa shape index (κ2) is 4.45. The molecule has 1 aliphatic carbocycles. The maximum atomic E-state index is 11.8. The number of hydrogen-bond donors (Lipinski definition) is 2. The van der Waals surface area contributed by atoms with Crippen LogP contribution < -0.4 is 5.32 Å². The Labute approximate surface area is 99.8 Å². The van der Waals surface area contributed by atoms with Crippen LogP contribution in [0.15, 0.2) is 6.20 Å². The number of aryl methyl sites for hydroxylation is 1. The first-order chi connectivity index (χ1) is 7.67. The Morgan fingerprint density at radius 2 is 2.44 bits per heavy atom. The minimum Gasteiger partial charge on any atom is -0.351 e. The molecule has 5 heteroatoms. The molecule has 1 heterocycles. The minimum absolute atomic E-state index is 0.0490. The van der Waals surface area contributed by atoms with Gasteiger partial charge in [0.25, 0.3) is 5.91 Å². The number of H-pyrrole nitrogens is 1. The molecule has 1 fully saturated rings. The van der Waals surface area contributed by atoms with Gasteiger partial charge < -0.3 is 5.32 Å². The molecule has 2 N–H and O–H groups in total. The maximum absolute atomic E-state index is 11.8. The van der Waals surface area contributed by atoms with Gasteiger partial charge in [-0.1, -0.05) is 0 Å². The molecule has 1 amide bonds. The van der Waals surface area contributed by atoms with E-state index >= 15 is 0 Å². The third kappa shape index (κ3) is 2.38. The molecule has 0 bridgehead atoms. The summed E-state index contributed by atoms with van der Waals surface area (Å²) in [5, 5.41) is 9.54. The second-order valence-corrected chi connectivity index (χ2v) is 4.91. The van der Waals surface area contributed by atoms with Gasteiger partial charge in [-0.3, -0.25) is 9.89 Å². The van der Waals surface area contributed by atoms with Crippen molar-refractivity contribution < 1.29 is 4.79 Å². The zero-order valence-electron chi connectivity index (χ0n) is 9.35. The van der Waals surface area contributed by atoms with Crippen LogP contribution in [0.1, 0.15) is 35.3 Å². The number of nitrogens with zero attached hydrogens (tertiary/aromatic N) is 1. The SMILES string of the molecule is Cc1[nH]ncc1C(=O)NCC1(CCCl)CC1. The number of rotatable bonds is 5. The van der Waals surface area contributed by atoms with Gasteiger partial charge in [-0.05, 0) is 31.6 Å². The predicted molar refractivity (Wildman–Crippen MR) is 62.7 cm³/mol. The number of amides is 1. The van der Waals surface area contributed by atoms with Crippen LogP contribution in [0.25, 0.3) is 0 Å². The maximum Gasteiger partial charge on any atom is 0.254 e. The van der Waals surface area contributed by atoms with Crippen molar-refractivity contribution in [2.75, 3.05) is 12.4 Å². The average Bonchev–Trinajstić information content (AvgIpc) is 2.89. The highest BCUT2D eigenvalue weighted by Crippen LogP contribution is 2.48. The normalized spacial score (nSPS) is 17.1. The number of alkyl halides is 1. The molecule has 0 unspecified atom stereocenters. The van der Waals surface area contributed by atoms with E-state index in [9.17, 15) is 4.79 Å². The highest BCUT2D eigenvalue weighted by Gasteiger charge is 2.41. The summed E-state index contributed by atoms with van der Waals surface area (Å²) in [6.45, 7) is 2.57. The summed E-state index contributed by atoms with van der Waals surface area (Å²) in [6, 6.07) is 0. The van der Waals surface area contributed by atoms with E-state index in [1.54, 1.807) is 6.20 Å². The molecule has 0 spiro atoms. The van der Waals surface area contributed by atoms with Crippen molar-refractivity contribution in [3.63, 3.8) is 0 Å². The van der Waals surface area contributed by atoms with Crippen molar-refractivity contribution in [2.24, 2.45) is 5.41 Å². The Morgan fingerprint density at radius 3 is 2.94 bits per heavy atom. The van der Waals surface area contributed by atoms with Crippen LogP contribution in [-0.4, -0.2) is 28.5 Å². The molecule has 16 heavy (non-hydrogen) atoms. The van der Waals surface area contributed by atoms with E-state index in [4.69, 9.17) is 11.6 Å². The van der Waals surface area contributed by atoms with Crippen LogP contribution in [0.5, 0.6) is 0 Å². The topological polar surface area (TPSA) is 57.8 Å². The molecular formula is C11H16ClN3O. The smallest absolute Gasteiger partial charge is 0.254 e. The summed E-state index contributed by atoms with van der Waals surface area (Å²) >= 11 is 5.74. The fourth-order valence-corrected chi connectivity index (χ4v) is 2.24. The first-order valence-electron chi connectivity index (χ1n) is 5.51. The molecular weight excluding hydrogens is 226 g/mol. The molecule has 4 nitrogen and oxygen atoms in total. The quantitative estimate of drug-likeness (QED) is 0.773. The van der Waals surface area contributed by atoms with E-state index in [-0.39, 0.29) is 11.3 Å². The lowest BCUT2D eigenvalue weighted by atomic mass is 10.0. The Bertz CT molecular complexity index is 384. The summed E-state index contributed by atoms with van der Waals surface area (Å²) in [5.41, 5.74) is 1.70. The summed E-state index contributed by atoms with van der Waals surface area (Å²) in [4.78, 5) is 11.8. The van der Waals surface area contributed by atoms with Crippen LogP contribution in [0.2, 0.25) is 0 Å². The second-order valence-electron chi connectivity index (χ2n) is 4.53. The van der Waals surface area contributed by atoms with Crippen LogP contribution in [0.4, 0.5) is 0 Å². The lowest BCUT2D eigenvalue weighted by Gasteiger charge is -2.13. The largest absolute Gasteiger partial charge is 0.351 e. The molecule has 0 aromatic carbocycles. The number of halogens is 1. The first kappa shape index (κ1) is 11.5. The van der Waals surface area contributed by atoms with E-state index in [0.717, 1.165) is 18.7 Å². The number of nitrogens with one attached hydrogen (secondary N) is 2. The number of carbonyl (C=O) groups is 1. The van der Waals surface area contributed by atoms with Crippen LogP contribution in [-0.2, 0) is 0 Å². The van der Waals surface area contributed by atoms with Crippen LogP contribution >= 0.6 is 11.6 Å². The lowest BCUT2D eigenvalue weighted by Crippen LogP contribution is -2.30. The number of aromatic nitrogens is 2. The highest BCUT2D eigenvalue weighted by molar-refractivity contribution is 6.17. The Balaban J connectivity index is 1.87. The average molecular weight is 242 g/mol. The molecule has 0 saturated heterocycles. The van der Waals surface area contributed by atoms with Crippen molar-refractivity contribution >= 4 is 17.5 Å². The van der Waals surface area contributed by atoms with Crippen molar-refractivity contribution in [2.45, 2.75) is 26.2 Å². The summed E-state index contributed by atoms with van der Waals surface area (Å²) in [5.74, 6) is 0.618. The van der Waals surface area contributed by atoms with E-state index < -0.39 is 0 Å². The Kier molecular flexibility index (Phi) is 3.19. The third-order valence-corrected chi connectivity index (χ3v) is 3.47. The molecule has 1 aromatic rings. The molecule has 1 saturated carbocycles. The van der Waals surface area contributed by atoms with Crippen LogP contribution in [0, 0.1) is 12.3 Å². The van der Waals surface area contributed by atoms with Gasteiger partial charge in [-0.2, -0.15) is 5.10 Å². The van der Waals surface area contributed by atoms with Crippen molar-refractivity contribution in [3.8, 4) is 0 Å². The van der Waals surface area contributed by atoms with E-state index in [1.807, 2.05) is 6.92 Å². The summed E-state index contributed by atoms with van der Waals surface area (Å²) in [6.07, 6.45) is 4.89. The van der Waals surface area contributed by atoms with Crippen molar-refractivity contribution in [1.29, 1.82) is 0 Å². The van der Waals surface area contributed by atoms with Crippen molar-refractivity contribution in [3.05, 3.63) is 17.5 Å². The molecule has 88 valence electrons. The van der Waals surface area contributed by atoms with E-state index in [1.165, 1.54) is 12.8 Å². The number of aromatic amines is 1. The standard InChI is InChI=1S/C11H16ClN3O/c1-8-9(6-14-15-8)10(16)13-7-11(2-3-11)4-5-12/h6H,2-5,7H2,1H3,(H,13,16)(H,14,15). The van der Waals surface area contributed by atoms with Gasteiger partial charge >= 0.3 is 0 Å². The van der Waals surface area contributed by atoms with Gasteiger partial charge in [0.1, 0.15) is 0 Å². The zero-order valence-corrected chi connectivity index (χ0v) is 10.1. The monoisotopic (exact) mass is 241 g/mol. The predicted octanol–water partition coefficient (Wildman–Crippen LogP) is 1.86. The van der Waals surface area contributed by atoms with Gasteiger partial charge in [-0.15, -0.1) is 11.6 Å². The lowest BCUT2D eigenvalue weighted by molar-refractivity contribution is 0.0944. The zero-order chi connectivity index (χ0) is 11.6. The van der Waals surface area contributed by atoms with Gasteiger partial charge in [0.05, 0.1) is 11.8 Å². The molecule has 2 rings (SSSR count). The van der Waals surface area contributed by atoms with Gasteiger partial charge in [0, 0.05) is 18.1 Å². The summed E-state index contributed by atoms with van der Waals surface area (Å²) in [7, 11) is 0. The molecule has 1 aromatic heterocycles. The fraction of sp³-hybridized carbons (Fsp3) is 0.636.